The van der Waals surface area contributed by atoms with Crippen molar-refractivity contribution in [2.45, 2.75) is 58.0 Å². The second kappa shape index (κ2) is 8.48. The zero-order chi connectivity index (χ0) is 13.4. The summed E-state index contributed by atoms with van der Waals surface area (Å²) in [6, 6.07) is 0.398. The van der Waals surface area contributed by atoms with Gasteiger partial charge in [0.2, 0.25) is 5.91 Å². The third-order valence-corrected chi connectivity index (χ3v) is 3.84. The highest BCUT2D eigenvalue weighted by molar-refractivity contribution is 5.81. The Labute approximate surface area is 111 Å². The van der Waals surface area contributed by atoms with Crippen LogP contribution in [0.5, 0.6) is 0 Å². The van der Waals surface area contributed by atoms with E-state index in [0.717, 1.165) is 5.92 Å². The predicted molar refractivity (Wildman–Crippen MR) is 73.5 cm³/mol. The zero-order valence-corrected chi connectivity index (χ0v) is 12.0. The molecule has 1 fully saturated rings. The summed E-state index contributed by atoms with van der Waals surface area (Å²) < 4.78 is 4.92. The molecular weight excluding hydrogens is 228 g/mol. The molecule has 4 nitrogen and oxygen atoms in total. The van der Waals surface area contributed by atoms with Gasteiger partial charge in [0, 0.05) is 19.7 Å². The highest BCUT2D eigenvalue weighted by atomic mass is 16.5. The smallest absolute Gasteiger partial charge is 0.236 e. The number of carbonyl (C=O) groups is 1. The van der Waals surface area contributed by atoms with E-state index >= 15 is 0 Å². The Morgan fingerprint density at radius 1 is 1.44 bits per heavy atom. The second-order valence-electron chi connectivity index (χ2n) is 5.31. The molecule has 0 heterocycles. The number of carbonyl (C=O) groups excluding carboxylic acids is 1. The largest absolute Gasteiger partial charge is 0.383 e. The summed E-state index contributed by atoms with van der Waals surface area (Å²) in [7, 11) is 1.64. The summed E-state index contributed by atoms with van der Waals surface area (Å²) in [5.41, 5.74) is 0. The van der Waals surface area contributed by atoms with Gasteiger partial charge in [-0.2, -0.15) is 0 Å². The average molecular weight is 256 g/mol. The maximum Gasteiger partial charge on any atom is 0.236 e. The molecule has 3 atom stereocenters. The van der Waals surface area contributed by atoms with Crippen LogP contribution in [0.4, 0.5) is 0 Å². The lowest BCUT2D eigenvalue weighted by Crippen LogP contribution is -2.48. The Kier molecular flexibility index (Phi) is 7.28. The Balaban J connectivity index is 2.25. The average Bonchev–Trinajstić information content (AvgIpc) is 2.39. The number of rotatable bonds is 7. The third-order valence-electron chi connectivity index (χ3n) is 3.84. The van der Waals surface area contributed by atoms with Crippen molar-refractivity contribution in [1.82, 2.24) is 10.6 Å². The van der Waals surface area contributed by atoms with Crippen LogP contribution in [0.25, 0.3) is 0 Å². The van der Waals surface area contributed by atoms with Crippen molar-refractivity contribution in [2.24, 2.45) is 5.92 Å². The maximum atomic E-state index is 11.8. The van der Waals surface area contributed by atoms with Crippen LogP contribution in [0.15, 0.2) is 0 Å². The normalized spacial score (nSPS) is 25.7. The van der Waals surface area contributed by atoms with Crippen LogP contribution < -0.4 is 10.6 Å². The van der Waals surface area contributed by atoms with Gasteiger partial charge in [-0.05, 0) is 25.7 Å². The number of hydrogen-bond acceptors (Lipinski definition) is 3. The molecule has 0 saturated heterocycles. The lowest BCUT2D eigenvalue weighted by atomic mass is 9.84. The van der Waals surface area contributed by atoms with E-state index in [2.05, 4.69) is 17.6 Å². The minimum Gasteiger partial charge on any atom is -0.383 e. The highest BCUT2D eigenvalue weighted by Crippen LogP contribution is 2.26. The molecule has 1 aliphatic carbocycles. The Morgan fingerprint density at radius 2 is 2.22 bits per heavy atom. The molecule has 18 heavy (non-hydrogen) atoms. The first-order chi connectivity index (χ1) is 8.67. The van der Waals surface area contributed by atoms with E-state index in [1.807, 2.05) is 6.92 Å². The van der Waals surface area contributed by atoms with Gasteiger partial charge >= 0.3 is 0 Å². The molecule has 3 unspecified atom stereocenters. The molecule has 0 aromatic rings. The van der Waals surface area contributed by atoms with E-state index in [0.29, 0.717) is 19.2 Å². The van der Waals surface area contributed by atoms with Crippen LogP contribution in [0, 0.1) is 5.92 Å². The summed E-state index contributed by atoms with van der Waals surface area (Å²) >= 11 is 0. The third kappa shape index (κ3) is 5.36. The fourth-order valence-electron chi connectivity index (χ4n) is 2.67. The number of hydrogen-bond donors (Lipinski definition) is 2. The molecular formula is C14H28N2O2. The summed E-state index contributed by atoms with van der Waals surface area (Å²) in [5.74, 6) is 0.908. The number of ether oxygens (including phenoxy) is 1. The van der Waals surface area contributed by atoms with E-state index in [4.69, 9.17) is 4.74 Å². The van der Waals surface area contributed by atoms with Crippen molar-refractivity contribution < 1.29 is 9.53 Å². The highest BCUT2D eigenvalue weighted by Gasteiger charge is 2.23. The van der Waals surface area contributed by atoms with Gasteiger partial charge in [-0.3, -0.25) is 4.79 Å². The van der Waals surface area contributed by atoms with Gasteiger partial charge < -0.3 is 15.4 Å². The van der Waals surface area contributed by atoms with Crippen LogP contribution in [-0.2, 0) is 9.53 Å². The van der Waals surface area contributed by atoms with Crippen LogP contribution in [0.1, 0.15) is 46.0 Å². The summed E-state index contributed by atoms with van der Waals surface area (Å²) in [5, 5.41) is 6.33. The van der Waals surface area contributed by atoms with E-state index in [1.165, 1.54) is 32.1 Å². The molecule has 0 bridgehead atoms. The van der Waals surface area contributed by atoms with Crippen molar-refractivity contribution in [3.8, 4) is 0 Å². The van der Waals surface area contributed by atoms with Crippen molar-refractivity contribution in [1.29, 1.82) is 0 Å². The first-order valence-electron chi connectivity index (χ1n) is 7.20. The summed E-state index contributed by atoms with van der Waals surface area (Å²) in [4.78, 5) is 11.8. The van der Waals surface area contributed by atoms with E-state index in [1.54, 1.807) is 7.11 Å². The Bertz CT molecular complexity index is 246. The standard InChI is InChI=1S/C14H28N2O2/c1-4-12-6-5-7-13(10-12)16-11(2)14(17)15-8-9-18-3/h11-13,16H,4-10H2,1-3H3,(H,15,17). The monoisotopic (exact) mass is 256 g/mol. The fraction of sp³-hybridized carbons (Fsp3) is 0.929. The molecule has 0 aromatic heterocycles. The van der Waals surface area contributed by atoms with Crippen molar-refractivity contribution in [3.05, 3.63) is 0 Å². The zero-order valence-electron chi connectivity index (χ0n) is 12.0. The number of methoxy groups -OCH3 is 1. The van der Waals surface area contributed by atoms with Gasteiger partial charge in [0.15, 0.2) is 0 Å². The molecule has 106 valence electrons. The van der Waals surface area contributed by atoms with E-state index in [9.17, 15) is 4.79 Å². The quantitative estimate of drug-likeness (QED) is 0.682. The number of amides is 1. The van der Waals surface area contributed by atoms with Gasteiger partial charge in [0.05, 0.1) is 12.6 Å². The SMILES string of the molecule is CCC1CCCC(NC(C)C(=O)NCCOC)C1. The molecule has 0 aromatic carbocycles. The molecule has 2 N–H and O–H groups in total. The Morgan fingerprint density at radius 3 is 2.89 bits per heavy atom. The minimum atomic E-state index is -0.109. The Hall–Kier alpha value is -0.610. The van der Waals surface area contributed by atoms with Gasteiger partial charge in [0.1, 0.15) is 0 Å². The van der Waals surface area contributed by atoms with Crippen LogP contribution in [0.2, 0.25) is 0 Å². The lowest BCUT2D eigenvalue weighted by molar-refractivity contribution is -0.123. The molecule has 0 radical (unpaired) electrons. The molecule has 0 aliphatic heterocycles. The van der Waals surface area contributed by atoms with Crippen LogP contribution >= 0.6 is 0 Å². The van der Waals surface area contributed by atoms with Gasteiger partial charge in [0.25, 0.3) is 0 Å². The summed E-state index contributed by atoms with van der Waals surface area (Å²) in [6.45, 7) is 5.36. The fourth-order valence-corrected chi connectivity index (χ4v) is 2.67. The van der Waals surface area contributed by atoms with Crippen LogP contribution in [-0.4, -0.2) is 38.3 Å². The lowest BCUT2D eigenvalue weighted by Gasteiger charge is -2.31. The predicted octanol–water partition coefficient (Wildman–Crippen LogP) is 1.70. The molecule has 4 heteroatoms. The van der Waals surface area contributed by atoms with Gasteiger partial charge in [-0.1, -0.05) is 26.2 Å². The van der Waals surface area contributed by atoms with Crippen molar-refractivity contribution >= 4 is 5.91 Å². The topological polar surface area (TPSA) is 50.4 Å². The molecule has 0 spiro atoms. The van der Waals surface area contributed by atoms with Crippen molar-refractivity contribution in [3.63, 3.8) is 0 Å². The van der Waals surface area contributed by atoms with Gasteiger partial charge in [-0.25, -0.2) is 0 Å². The minimum absolute atomic E-state index is 0.0747. The van der Waals surface area contributed by atoms with Crippen LogP contribution in [0.3, 0.4) is 0 Å². The first kappa shape index (κ1) is 15.4. The molecule has 1 aliphatic rings. The molecule has 1 amide bonds. The first-order valence-corrected chi connectivity index (χ1v) is 7.20. The number of nitrogens with one attached hydrogen (secondary N) is 2. The summed E-state index contributed by atoms with van der Waals surface area (Å²) in [6.07, 6.45) is 6.31. The van der Waals surface area contributed by atoms with Crippen molar-refractivity contribution in [2.75, 3.05) is 20.3 Å². The van der Waals surface area contributed by atoms with Gasteiger partial charge in [-0.15, -0.1) is 0 Å². The van der Waals surface area contributed by atoms with E-state index in [-0.39, 0.29) is 11.9 Å². The molecule has 1 rings (SSSR count). The van der Waals surface area contributed by atoms with E-state index < -0.39 is 0 Å². The maximum absolute atomic E-state index is 11.8. The molecule has 1 saturated carbocycles. The second-order valence-corrected chi connectivity index (χ2v) is 5.31.